The summed E-state index contributed by atoms with van der Waals surface area (Å²) < 4.78 is 0. The number of hydrogen-bond donors (Lipinski definition) is 4. The van der Waals surface area contributed by atoms with E-state index in [0.29, 0.717) is 17.6 Å². The maximum absolute atomic E-state index is 11.0. The van der Waals surface area contributed by atoms with Gasteiger partial charge in [-0.1, -0.05) is 6.07 Å². The molecule has 6 nitrogen and oxygen atoms in total. The number of hydrogen-bond acceptors (Lipinski definition) is 3. The number of nitrogens with zero attached hydrogens (tertiary/aromatic N) is 1. The maximum atomic E-state index is 11.0. The number of primary amides is 1. The second-order valence-electron chi connectivity index (χ2n) is 3.92. The van der Waals surface area contributed by atoms with Crippen LogP contribution >= 0.6 is 0 Å². The molecule has 1 fully saturated rings. The lowest BCUT2D eigenvalue weighted by molar-refractivity contribution is 0.100. The molecule has 90 valence electrons. The maximum Gasteiger partial charge on any atom is 0.248 e. The van der Waals surface area contributed by atoms with Crippen LogP contribution in [-0.4, -0.2) is 17.9 Å². The van der Waals surface area contributed by atoms with Gasteiger partial charge in [-0.25, -0.2) is 10.8 Å². The van der Waals surface area contributed by atoms with Crippen molar-refractivity contribution in [2.75, 3.05) is 5.32 Å². The molecule has 0 saturated heterocycles. The Morgan fingerprint density at radius 3 is 2.76 bits per heavy atom. The Kier molecular flexibility index (Phi) is 3.24. The van der Waals surface area contributed by atoms with E-state index in [4.69, 9.17) is 11.6 Å². The third-order valence-electron chi connectivity index (χ3n) is 2.41. The van der Waals surface area contributed by atoms with Crippen molar-refractivity contribution in [2.24, 2.45) is 16.6 Å². The average molecular weight is 233 g/mol. The van der Waals surface area contributed by atoms with Crippen LogP contribution in [0.5, 0.6) is 0 Å². The van der Waals surface area contributed by atoms with Crippen molar-refractivity contribution < 1.29 is 4.79 Å². The molecule has 0 heterocycles. The fourth-order valence-electron chi connectivity index (χ4n) is 1.38. The summed E-state index contributed by atoms with van der Waals surface area (Å²) in [5, 5.41) is 3.00. The van der Waals surface area contributed by atoms with E-state index in [9.17, 15) is 4.79 Å². The molecule has 1 aliphatic rings. The summed E-state index contributed by atoms with van der Waals surface area (Å²) in [6.45, 7) is 0. The van der Waals surface area contributed by atoms with Crippen LogP contribution in [0.15, 0.2) is 29.3 Å². The number of aliphatic imine (C=N–C) groups is 1. The molecule has 6 heteroatoms. The average Bonchev–Trinajstić information content (AvgIpc) is 3.12. The first-order chi connectivity index (χ1) is 8.19. The Labute approximate surface area is 99.1 Å². The second-order valence-corrected chi connectivity index (χ2v) is 3.92. The molecular weight excluding hydrogens is 218 g/mol. The number of hydrazine groups is 1. The summed E-state index contributed by atoms with van der Waals surface area (Å²) in [6.07, 6.45) is 2.18. The number of anilines is 1. The van der Waals surface area contributed by atoms with Gasteiger partial charge in [-0.2, -0.15) is 0 Å². The minimum absolute atomic E-state index is 0.355. The van der Waals surface area contributed by atoms with E-state index in [1.807, 2.05) is 6.07 Å². The molecule has 0 aliphatic heterocycles. The van der Waals surface area contributed by atoms with Gasteiger partial charge < -0.3 is 11.1 Å². The molecule has 0 aromatic heterocycles. The smallest absolute Gasteiger partial charge is 0.248 e. The number of guanidine groups is 1. The van der Waals surface area contributed by atoms with Gasteiger partial charge in [0, 0.05) is 11.3 Å². The van der Waals surface area contributed by atoms with Gasteiger partial charge in [0.2, 0.25) is 11.9 Å². The molecule has 6 N–H and O–H groups in total. The fourth-order valence-corrected chi connectivity index (χ4v) is 1.38. The van der Waals surface area contributed by atoms with Gasteiger partial charge in [0.1, 0.15) is 0 Å². The summed E-state index contributed by atoms with van der Waals surface area (Å²) in [5.41, 5.74) is 8.86. The van der Waals surface area contributed by atoms with Crippen LogP contribution in [0.1, 0.15) is 23.2 Å². The Bertz CT molecular complexity index is 453. The number of benzene rings is 1. The highest BCUT2D eigenvalue weighted by Gasteiger charge is 2.21. The third-order valence-corrected chi connectivity index (χ3v) is 2.41. The Hall–Kier alpha value is -2.08. The summed E-state index contributed by atoms with van der Waals surface area (Å²) in [7, 11) is 0. The van der Waals surface area contributed by atoms with E-state index in [-0.39, 0.29) is 0 Å². The zero-order valence-corrected chi connectivity index (χ0v) is 9.31. The first-order valence-electron chi connectivity index (χ1n) is 5.40. The van der Waals surface area contributed by atoms with E-state index in [0.717, 1.165) is 18.5 Å². The fraction of sp³-hybridized carbons (Fsp3) is 0.273. The number of carbonyl (C=O) groups excluding carboxylic acids is 1. The van der Waals surface area contributed by atoms with Gasteiger partial charge in [0.25, 0.3) is 0 Å². The largest absolute Gasteiger partial charge is 0.366 e. The molecule has 0 unspecified atom stereocenters. The van der Waals surface area contributed by atoms with Crippen LogP contribution in [-0.2, 0) is 0 Å². The van der Waals surface area contributed by atoms with E-state index in [1.54, 1.807) is 18.2 Å². The SMILES string of the molecule is NNC(=NC1CC1)Nc1cccc(C(N)=O)c1. The van der Waals surface area contributed by atoms with E-state index in [2.05, 4.69) is 15.7 Å². The van der Waals surface area contributed by atoms with Gasteiger partial charge in [-0.05, 0) is 31.0 Å². The van der Waals surface area contributed by atoms with Crippen LogP contribution in [0.25, 0.3) is 0 Å². The van der Waals surface area contributed by atoms with Crippen molar-refractivity contribution in [2.45, 2.75) is 18.9 Å². The lowest BCUT2D eigenvalue weighted by Gasteiger charge is -2.09. The van der Waals surface area contributed by atoms with Crippen LogP contribution in [0.2, 0.25) is 0 Å². The predicted molar refractivity (Wildman–Crippen MR) is 66.4 cm³/mol. The lowest BCUT2D eigenvalue weighted by atomic mass is 10.2. The summed E-state index contributed by atoms with van der Waals surface area (Å²) in [5.74, 6) is 5.39. The number of carbonyl (C=O) groups is 1. The quantitative estimate of drug-likeness (QED) is 0.258. The van der Waals surface area contributed by atoms with Gasteiger partial charge >= 0.3 is 0 Å². The molecule has 1 aliphatic carbocycles. The van der Waals surface area contributed by atoms with Gasteiger partial charge in [-0.3, -0.25) is 10.2 Å². The van der Waals surface area contributed by atoms with Gasteiger partial charge in [0.15, 0.2) is 0 Å². The van der Waals surface area contributed by atoms with E-state index >= 15 is 0 Å². The Balaban J connectivity index is 2.11. The molecule has 1 aromatic rings. The second kappa shape index (κ2) is 4.84. The number of rotatable bonds is 3. The zero-order valence-electron chi connectivity index (χ0n) is 9.31. The first kappa shape index (κ1) is 11.4. The molecular formula is C11H15N5O. The van der Waals surface area contributed by atoms with Crippen molar-refractivity contribution in [1.82, 2.24) is 5.43 Å². The van der Waals surface area contributed by atoms with E-state index in [1.165, 1.54) is 0 Å². The van der Waals surface area contributed by atoms with Crippen LogP contribution in [0, 0.1) is 0 Å². The standard InChI is InChI=1S/C11H15N5O/c12-10(17)7-2-1-3-9(6-7)15-11(16-13)14-8-4-5-8/h1-3,6,8H,4-5,13H2,(H2,12,17)(H2,14,15,16). The van der Waals surface area contributed by atoms with Crippen LogP contribution < -0.4 is 22.3 Å². The topological polar surface area (TPSA) is 106 Å². The minimum Gasteiger partial charge on any atom is -0.366 e. The Morgan fingerprint density at radius 1 is 1.41 bits per heavy atom. The number of amides is 1. The molecule has 1 aromatic carbocycles. The zero-order chi connectivity index (χ0) is 12.3. The summed E-state index contributed by atoms with van der Waals surface area (Å²) in [4.78, 5) is 15.3. The molecule has 1 saturated carbocycles. The molecule has 2 rings (SSSR count). The predicted octanol–water partition coefficient (Wildman–Crippen LogP) is 0.179. The highest BCUT2D eigenvalue weighted by Crippen LogP contribution is 2.23. The summed E-state index contributed by atoms with van der Waals surface area (Å²) in [6, 6.07) is 7.22. The molecule has 0 spiro atoms. The normalized spacial score (nSPS) is 15.5. The third kappa shape index (κ3) is 3.18. The monoisotopic (exact) mass is 233 g/mol. The van der Waals surface area contributed by atoms with Crippen LogP contribution in [0.3, 0.4) is 0 Å². The van der Waals surface area contributed by atoms with Crippen molar-refractivity contribution in [3.05, 3.63) is 29.8 Å². The lowest BCUT2D eigenvalue weighted by Crippen LogP contribution is -2.36. The molecule has 0 radical (unpaired) electrons. The first-order valence-corrected chi connectivity index (χ1v) is 5.40. The molecule has 17 heavy (non-hydrogen) atoms. The van der Waals surface area contributed by atoms with Crippen molar-refractivity contribution in [3.8, 4) is 0 Å². The van der Waals surface area contributed by atoms with Crippen molar-refractivity contribution in [3.63, 3.8) is 0 Å². The summed E-state index contributed by atoms with van der Waals surface area (Å²) >= 11 is 0. The van der Waals surface area contributed by atoms with Gasteiger partial charge in [0.05, 0.1) is 6.04 Å². The highest BCUT2D eigenvalue weighted by molar-refractivity contribution is 5.97. The number of nitrogens with one attached hydrogen (secondary N) is 2. The Morgan fingerprint density at radius 2 is 2.18 bits per heavy atom. The van der Waals surface area contributed by atoms with Crippen LogP contribution in [0.4, 0.5) is 5.69 Å². The molecule has 1 amide bonds. The molecule has 0 bridgehead atoms. The number of nitrogens with two attached hydrogens (primary N) is 2. The van der Waals surface area contributed by atoms with Crippen molar-refractivity contribution in [1.29, 1.82) is 0 Å². The van der Waals surface area contributed by atoms with Crippen molar-refractivity contribution >= 4 is 17.6 Å². The highest BCUT2D eigenvalue weighted by atomic mass is 16.1. The minimum atomic E-state index is -0.463. The van der Waals surface area contributed by atoms with Gasteiger partial charge in [-0.15, -0.1) is 0 Å². The van der Waals surface area contributed by atoms with E-state index < -0.39 is 5.91 Å². The molecule has 0 atom stereocenters.